The summed E-state index contributed by atoms with van der Waals surface area (Å²) in [5, 5.41) is 12.0. The van der Waals surface area contributed by atoms with E-state index in [-0.39, 0.29) is 17.8 Å². The summed E-state index contributed by atoms with van der Waals surface area (Å²) in [6.07, 6.45) is -0.278. The number of rotatable bonds is 9. The molecule has 0 saturated heterocycles. The van der Waals surface area contributed by atoms with Gasteiger partial charge >= 0.3 is 0 Å². The van der Waals surface area contributed by atoms with Gasteiger partial charge in [0.2, 0.25) is 5.91 Å². The lowest BCUT2D eigenvalue weighted by Crippen LogP contribution is -2.15. The van der Waals surface area contributed by atoms with Crippen molar-refractivity contribution in [1.82, 2.24) is 14.8 Å². The minimum Gasteiger partial charge on any atom is -0.492 e. The standard InChI is InChI=1S/C23H28N4O3S/c1-6-29-20-10-8-7-9-19(20)24-21(28)14-31-23-26-25-22(27(23)5)17(4)30-18-12-15(2)11-16(3)13-18/h7-13,17H,6,14H2,1-5H3,(H,24,28). The monoisotopic (exact) mass is 440 g/mol. The van der Waals surface area contributed by atoms with Crippen molar-refractivity contribution >= 4 is 23.4 Å². The van der Waals surface area contributed by atoms with Crippen molar-refractivity contribution in [2.75, 3.05) is 17.7 Å². The average molecular weight is 441 g/mol. The number of carbonyl (C=O) groups is 1. The summed E-state index contributed by atoms with van der Waals surface area (Å²) in [6, 6.07) is 13.5. The Hall–Kier alpha value is -3.00. The van der Waals surface area contributed by atoms with Crippen molar-refractivity contribution in [1.29, 1.82) is 0 Å². The second-order valence-corrected chi connectivity index (χ2v) is 8.19. The summed E-state index contributed by atoms with van der Waals surface area (Å²) in [7, 11) is 1.88. The maximum atomic E-state index is 12.4. The molecule has 7 nitrogen and oxygen atoms in total. The summed E-state index contributed by atoms with van der Waals surface area (Å²) >= 11 is 1.32. The zero-order valence-corrected chi connectivity index (χ0v) is 19.3. The van der Waals surface area contributed by atoms with E-state index in [1.807, 2.05) is 75.7 Å². The van der Waals surface area contributed by atoms with E-state index in [1.165, 1.54) is 11.8 Å². The lowest BCUT2D eigenvalue weighted by Gasteiger charge is -2.15. The number of carbonyl (C=O) groups excluding carboxylic acids is 1. The number of anilines is 1. The molecule has 0 fully saturated rings. The molecule has 8 heteroatoms. The molecule has 1 amide bonds. The minimum absolute atomic E-state index is 0.138. The van der Waals surface area contributed by atoms with Gasteiger partial charge in [-0.2, -0.15) is 0 Å². The Morgan fingerprint density at radius 1 is 1.16 bits per heavy atom. The van der Waals surface area contributed by atoms with Gasteiger partial charge < -0.3 is 19.4 Å². The summed E-state index contributed by atoms with van der Waals surface area (Å²) in [4.78, 5) is 12.4. The highest BCUT2D eigenvalue weighted by atomic mass is 32.2. The summed E-state index contributed by atoms with van der Waals surface area (Å²) in [6.45, 7) is 8.46. The van der Waals surface area contributed by atoms with Crippen LogP contribution >= 0.6 is 11.8 Å². The first-order chi connectivity index (χ1) is 14.9. The van der Waals surface area contributed by atoms with Gasteiger partial charge in [0.15, 0.2) is 17.1 Å². The van der Waals surface area contributed by atoms with E-state index in [0.717, 1.165) is 16.9 Å². The predicted molar refractivity (Wildman–Crippen MR) is 123 cm³/mol. The van der Waals surface area contributed by atoms with Crippen molar-refractivity contribution in [3.8, 4) is 11.5 Å². The van der Waals surface area contributed by atoms with Crippen LogP contribution in [0, 0.1) is 13.8 Å². The maximum absolute atomic E-state index is 12.4. The lowest BCUT2D eigenvalue weighted by molar-refractivity contribution is -0.113. The molecule has 0 aliphatic carbocycles. The molecule has 0 aliphatic heterocycles. The first-order valence-electron chi connectivity index (χ1n) is 10.2. The Morgan fingerprint density at radius 2 is 1.87 bits per heavy atom. The molecule has 164 valence electrons. The number of para-hydroxylation sites is 2. The van der Waals surface area contributed by atoms with E-state index in [0.29, 0.717) is 29.0 Å². The zero-order chi connectivity index (χ0) is 22.4. The molecule has 1 unspecified atom stereocenters. The third-order valence-corrected chi connectivity index (χ3v) is 5.55. The molecule has 3 aromatic rings. The lowest BCUT2D eigenvalue weighted by atomic mass is 10.1. The first kappa shape index (κ1) is 22.7. The van der Waals surface area contributed by atoms with E-state index in [2.05, 4.69) is 21.6 Å². The van der Waals surface area contributed by atoms with E-state index >= 15 is 0 Å². The number of hydrogen-bond donors (Lipinski definition) is 1. The van der Waals surface area contributed by atoms with E-state index in [4.69, 9.17) is 9.47 Å². The van der Waals surface area contributed by atoms with E-state index in [1.54, 1.807) is 0 Å². The Kier molecular flexibility index (Phi) is 7.57. The van der Waals surface area contributed by atoms with Crippen LogP contribution in [0.3, 0.4) is 0 Å². The van der Waals surface area contributed by atoms with Crippen LogP contribution in [0.4, 0.5) is 5.69 Å². The van der Waals surface area contributed by atoms with E-state index in [9.17, 15) is 4.79 Å². The summed E-state index contributed by atoms with van der Waals surface area (Å²) in [5.41, 5.74) is 2.95. The van der Waals surface area contributed by atoms with Crippen LogP contribution in [-0.4, -0.2) is 33.0 Å². The zero-order valence-electron chi connectivity index (χ0n) is 18.5. The molecule has 1 heterocycles. The number of hydrogen-bond acceptors (Lipinski definition) is 6. The van der Waals surface area contributed by atoms with Gasteiger partial charge in [0, 0.05) is 7.05 Å². The largest absolute Gasteiger partial charge is 0.492 e. The molecule has 2 aromatic carbocycles. The molecule has 1 atom stereocenters. The number of aryl methyl sites for hydroxylation is 2. The van der Waals surface area contributed by atoms with Crippen molar-refractivity contribution in [2.45, 2.75) is 39.0 Å². The quantitative estimate of drug-likeness (QED) is 0.486. The van der Waals surface area contributed by atoms with Crippen LogP contribution in [0.2, 0.25) is 0 Å². The van der Waals surface area contributed by atoms with Crippen molar-refractivity contribution < 1.29 is 14.3 Å². The highest BCUT2D eigenvalue weighted by Gasteiger charge is 2.18. The van der Waals surface area contributed by atoms with Gasteiger partial charge in [-0.1, -0.05) is 30.0 Å². The second kappa shape index (κ2) is 10.3. The van der Waals surface area contributed by atoms with Gasteiger partial charge in [-0.25, -0.2) is 0 Å². The van der Waals surface area contributed by atoms with Gasteiger partial charge in [0.25, 0.3) is 0 Å². The second-order valence-electron chi connectivity index (χ2n) is 7.25. The van der Waals surface area contributed by atoms with Crippen LogP contribution in [-0.2, 0) is 11.8 Å². The molecule has 0 bridgehead atoms. The van der Waals surface area contributed by atoms with E-state index < -0.39 is 0 Å². The summed E-state index contributed by atoms with van der Waals surface area (Å²) in [5.74, 6) is 2.22. The van der Waals surface area contributed by atoms with Crippen molar-refractivity contribution in [3.05, 3.63) is 59.4 Å². The third-order valence-electron chi connectivity index (χ3n) is 4.53. The highest BCUT2D eigenvalue weighted by molar-refractivity contribution is 7.99. The fourth-order valence-corrected chi connectivity index (χ4v) is 3.95. The van der Waals surface area contributed by atoms with Gasteiger partial charge in [0.1, 0.15) is 11.5 Å². The number of nitrogens with zero attached hydrogens (tertiary/aromatic N) is 3. The normalized spacial score (nSPS) is 11.8. The Balaban J connectivity index is 1.60. The third kappa shape index (κ3) is 6.01. The molecule has 0 spiro atoms. The molecule has 0 radical (unpaired) electrons. The molecule has 31 heavy (non-hydrogen) atoms. The number of nitrogens with one attached hydrogen (secondary N) is 1. The Labute approximate surface area is 187 Å². The highest BCUT2D eigenvalue weighted by Crippen LogP contribution is 2.26. The van der Waals surface area contributed by atoms with Crippen LogP contribution in [0.15, 0.2) is 47.6 Å². The average Bonchev–Trinajstić information content (AvgIpc) is 3.08. The number of aromatic nitrogens is 3. The molecule has 3 rings (SSSR count). The maximum Gasteiger partial charge on any atom is 0.234 e. The first-order valence-corrected chi connectivity index (χ1v) is 11.1. The molecule has 0 saturated carbocycles. The number of benzene rings is 2. The predicted octanol–water partition coefficient (Wildman–Crippen LogP) is 4.70. The topological polar surface area (TPSA) is 78.3 Å². The Morgan fingerprint density at radius 3 is 2.58 bits per heavy atom. The summed E-state index contributed by atoms with van der Waals surface area (Å²) < 4.78 is 13.5. The van der Waals surface area contributed by atoms with Crippen LogP contribution in [0.5, 0.6) is 11.5 Å². The van der Waals surface area contributed by atoms with Crippen LogP contribution in [0.1, 0.15) is 36.9 Å². The van der Waals surface area contributed by atoms with Gasteiger partial charge in [-0.15, -0.1) is 10.2 Å². The fraction of sp³-hybridized carbons (Fsp3) is 0.348. The van der Waals surface area contributed by atoms with Crippen molar-refractivity contribution in [3.63, 3.8) is 0 Å². The fourth-order valence-electron chi connectivity index (χ4n) is 3.23. The molecule has 1 aromatic heterocycles. The molecular formula is C23H28N4O3S. The number of thioether (sulfide) groups is 1. The molecule has 0 aliphatic rings. The molecular weight excluding hydrogens is 412 g/mol. The Bertz CT molecular complexity index is 1030. The van der Waals surface area contributed by atoms with Gasteiger partial charge in [-0.3, -0.25) is 4.79 Å². The van der Waals surface area contributed by atoms with Crippen molar-refractivity contribution in [2.24, 2.45) is 7.05 Å². The molecule has 1 N–H and O–H groups in total. The SMILES string of the molecule is CCOc1ccccc1NC(=O)CSc1nnc(C(C)Oc2cc(C)cc(C)c2)n1C. The van der Waals surface area contributed by atoms with Crippen LogP contribution < -0.4 is 14.8 Å². The smallest absolute Gasteiger partial charge is 0.234 e. The number of ether oxygens (including phenoxy) is 2. The van der Waals surface area contributed by atoms with Crippen LogP contribution in [0.25, 0.3) is 0 Å². The minimum atomic E-state index is -0.278. The van der Waals surface area contributed by atoms with Gasteiger partial charge in [0.05, 0.1) is 18.0 Å². The number of amides is 1. The van der Waals surface area contributed by atoms with Gasteiger partial charge in [-0.05, 0) is 63.1 Å².